The number of ether oxygens (including phenoxy) is 2. The smallest absolute Gasteiger partial charge is 0.243 e. The minimum Gasteiger partial charge on any atom is -0.381 e. The number of carbonyl (C=O) groups excluding carboxylic acids is 1. The molecular formula is C20H39N5O3. The van der Waals surface area contributed by atoms with Crippen LogP contribution in [-0.2, 0) is 14.3 Å². The van der Waals surface area contributed by atoms with Gasteiger partial charge in [0.25, 0.3) is 0 Å². The molecule has 0 aromatic heterocycles. The third kappa shape index (κ3) is 8.75. The van der Waals surface area contributed by atoms with Crippen molar-refractivity contribution in [1.29, 1.82) is 0 Å². The average Bonchev–Trinajstić information content (AvgIpc) is 3.18. The lowest BCUT2D eigenvalue weighted by Crippen LogP contribution is -2.50. The molecule has 2 fully saturated rings. The zero-order chi connectivity index (χ0) is 20.4. The predicted molar refractivity (Wildman–Crippen MR) is 112 cm³/mol. The molecule has 0 aliphatic carbocycles. The molecule has 8 heteroatoms. The second-order valence-electron chi connectivity index (χ2n) is 8.24. The van der Waals surface area contributed by atoms with Crippen molar-refractivity contribution >= 4 is 11.9 Å². The number of guanidine groups is 1. The molecule has 2 aliphatic rings. The second-order valence-corrected chi connectivity index (χ2v) is 8.24. The van der Waals surface area contributed by atoms with E-state index in [0.717, 1.165) is 71.2 Å². The fourth-order valence-corrected chi connectivity index (χ4v) is 3.34. The van der Waals surface area contributed by atoms with Gasteiger partial charge in [-0.25, -0.2) is 4.99 Å². The minimum absolute atomic E-state index is 0.00488. The molecule has 0 radical (unpaired) electrons. The summed E-state index contributed by atoms with van der Waals surface area (Å²) in [6.07, 6.45) is 3.50. The van der Waals surface area contributed by atoms with Gasteiger partial charge in [0.2, 0.25) is 5.91 Å². The summed E-state index contributed by atoms with van der Waals surface area (Å²) in [7, 11) is 3.51. The van der Waals surface area contributed by atoms with Gasteiger partial charge in [-0.15, -0.1) is 0 Å². The van der Waals surface area contributed by atoms with E-state index in [4.69, 9.17) is 9.47 Å². The van der Waals surface area contributed by atoms with Gasteiger partial charge in [-0.1, -0.05) is 0 Å². The van der Waals surface area contributed by atoms with E-state index in [1.165, 1.54) is 0 Å². The summed E-state index contributed by atoms with van der Waals surface area (Å²) in [5.41, 5.74) is 0. The molecule has 2 rings (SSSR count). The highest BCUT2D eigenvalue weighted by Gasteiger charge is 2.21. The largest absolute Gasteiger partial charge is 0.381 e. The number of rotatable bonds is 9. The number of likely N-dealkylation sites (N-methyl/N-ethyl adjacent to an activating group) is 1. The van der Waals surface area contributed by atoms with Gasteiger partial charge in [0, 0.05) is 58.8 Å². The molecule has 0 aromatic carbocycles. The van der Waals surface area contributed by atoms with Crippen LogP contribution in [0, 0.1) is 5.92 Å². The van der Waals surface area contributed by atoms with Crippen LogP contribution in [0.4, 0.5) is 0 Å². The Morgan fingerprint density at radius 2 is 2.04 bits per heavy atom. The summed E-state index contributed by atoms with van der Waals surface area (Å²) in [4.78, 5) is 20.5. The Labute approximate surface area is 170 Å². The van der Waals surface area contributed by atoms with E-state index in [1.807, 2.05) is 0 Å². The van der Waals surface area contributed by atoms with E-state index in [0.29, 0.717) is 18.1 Å². The molecular weight excluding hydrogens is 358 g/mol. The predicted octanol–water partition coefficient (Wildman–Crippen LogP) is 0.536. The molecule has 0 spiro atoms. The van der Waals surface area contributed by atoms with Crippen molar-refractivity contribution in [3.05, 3.63) is 0 Å². The summed E-state index contributed by atoms with van der Waals surface area (Å²) in [6, 6.07) is 0.378. The monoisotopic (exact) mass is 397 g/mol. The second kappa shape index (κ2) is 12.2. The highest BCUT2D eigenvalue weighted by molar-refractivity contribution is 5.84. The molecule has 2 aliphatic heterocycles. The number of hydrogen-bond acceptors (Lipinski definition) is 5. The number of hydrogen-bond donors (Lipinski definition) is 2. The maximum Gasteiger partial charge on any atom is 0.243 e. The van der Waals surface area contributed by atoms with Crippen molar-refractivity contribution in [2.24, 2.45) is 10.9 Å². The van der Waals surface area contributed by atoms with Crippen LogP contribution in [0.3, 0.4) is 0 Å². The molecule has 0 aromatic rings. The van der Waals surface area contributed by atoms with Crippen LogP contribution in [-0.4, -0.2) is 100 Å². The third-order valence-electron chi connectivity index (χ3n) is 5.24. The number of amides is 1. The number of nitrogens with one attached hydrogen (secondary N) is 2. The van der Waals surface area contributed by atoms with Crippen molar-refractivity contribution in [3.8, 4) is 0 Å². The Kier molecular flexibility index (Phi) is 10.0. The van der Waals surface area contributed by atoms with Crippen molar-refractivity contribution < 1.29 is 14.3 Å². The number of aliphatic imine (C=N–C) groups is 1. The molecule has 2 N–H and O–H groups in total. The van der Waals surface area contributed by atoms with Gasteiger partial charge in [0.15, 0.2) is 5.96 Å². The molecule has 1 unspecified atom stereocenters. The summed E-state index contributed by atoms with van der Waals surface area (Å²) < 4.78 is 11.1. The molecule has 28 heavy (non-hydrogen) atoms. The topological polar surface area (TPSA) is 78.4 Å². The van der Waals surface area contributed by atoms with Gasteiger partial charge in [0.1, 0.15) is 6.54 Å². The Morgan fingerprint density at radius 3 is 2.64 bits per heavy atom. The van der Waals surface area contributed by atoms with Crippen molar-refractivity contribution in [1.82, 2.24) is 20.4 Å². The highest BCUT2D eigenvalue weighted by Crippen LogP contribution is 2.12. The summed E-state index contributed by atoms with van der Waals surface area (Å²) >= 11 is 0. The number of carbonyl (C=O) groups is 1. The van der Waals surface area contributed by atoms with Crippen molar-refractivity contribution in [3.63, 3.8) is 0 Å². The zero-order valence-electron chi connectivity index (χ0n) is 18.1. The molecule has 1 amide bonds. The Balaban J connectivity index is 1.78. The van der Waals surface area contributed by atoms with E-state index < -0.39 is 0 Å². The van der Waals surface area contributed by atoms with Crippen LogP contribution in [0.15, 0.2) is 4.99 Å². The fourth-order valence-electron chi connectivity index (χ4n) is 3.34. The molecule has 1 atom stereocenters. The zero-order valence-corrected chi connectivity index (χ0v) is 18.1. The summed E-state index contributed by atoms with van der Waals surface area (Å²) in [5, 5.41) is 6.95. The summed E-state index contributed by atoms with van der Waals surface area (Å²) in [6.45, 7) is 10.7. The van der Waals surface area contributed by atoms with Gasteiger partial charge in [-0.05, 0) is 33.1 Å². The fraction of sp³-hybridized carbons (Fsp3) is 0.900. The van der Waals surface area contributed by atoms with Crippen LogP contribution in [0.2, 0.25) is 0 Å². The van der Waals surface area contributed by atoms with E-state index in [-0.39, 0.29) is 12.5 Å². The maximum atomic E-state index is 11.9. The van der Waals surface area contributed by atoms with Gasteiger partial charge in [-0.3, -0.25) is 4.79 Å². The van der Waals surface area contributed by atoms with E-state index in [2.05, 4.69) is 34.4 Å². The van der Waals surface area contributed by atoms with E-state index in [9.17, 15) is 4.79 Å². The normalized spacial score (nSPS) is 21.9. The number of likely N-dealkylation sites (tertiary alicyclic amines) is 1. The van der Waals surface area contributed by atoms with Crippen molar-refractivity contribution in [2.45, 2.75) is 45.3 Å². The molecule has 162 valence electrons. The molecule has 2 saturated heterocycles. The molecule has 8 nitrogen and oxygen atoms in total. The van der Waals surface area contributed by atoms with Crippen LogP contribution in [0.25, 0.3) is 0 Å². The lowest BCUT2D eigenvalue weighted by Gasteiger charge is -2.33. The highest BCUT2D eigenvalue weighted by atomic mass is 16.5. The SMILES string of the molecule is CC(C)OCCN1CCC(NC(=NCC(=O)N(C)C)NCC2CCOC2)CC1. The minimum atomic E-state index is 0.00488. The first-order valence-electron chi connectivity index (χ1n) is 10.6. The van der Waals surface area contributed by atoms with Crippen LogP contribution in [0.5, 0.6) is 0 Å². The van der Waals surface area contributed by atoms with Gasteiger partial charge in [0.05, 0.1) is 19.3 Å². The Bertz CT molecular complexity index is 484. The summed E-state index contributed by atoms with van der Waals surface area (Å²) in [5.74, 6) is 1.26. The van der Waals surface area contributed by atoms with Crippen LogP contribution in [0.1, 0.15) is 33.1 Å². The first kappa shape index (κ1) is 22.9. The Morgan fingerprint density at radius 1 is 1.29 bits per heavy atom. The van der Waals surface area contributed by atoms with E-state index >= 15 is 0 Å². The third-order valence-corrected chi connectivity index (χ3v) is 5.24. The maximum absolute atomic E-state index is 11.9. The first-order chi connectivity index (χ1) is 13.4. The quantitative estimate of drug-likeness (QED) is 0.437. The Hall–Kier alpha value is -1.38. The van der Waals surface area contributed by atoms with E-state index in [1.54, 1.807) is 19.0 Å². The van der Waals surface area contributed by atoms with Gasteiger partial charge in [-0.2, -0.15) is 0 Å². The molecule has 2 heterocycles. The molecule has 0 saturated carbocycles. The van der Waals surface area contributed by atoms with Crippen LogP contribution >= 0.6 is 0 Å². The van der Waals surface area contributed by atoms with Gasteiger partial charge >= 0.3 is 0 Å². The van der Waals surface area contributed by atoms with Crippen LogP contribution < -0.4 is 10.6 Å². The standard InChI is InChI=1S/C20H39N5O3/c1-16(2)28-12-10-25-8-5-18(6-9-25)23-20(22-14-19(26)24(3)4)21-13-17-7-11-27-15-17/h16-18H,5-15H2,1-4H3,(H2,21,22,23). The first-order valence-corrected chi connectivity index (χ1v) is 10.6. The van der Waals surface area contributed by atoms with Crippen molar-refractivity contribution in [2.75, 3.05) is 66.6 Å². The number of nitrogens with zero attached hydrogens (tertiary/aromatic N) is 3. The average molecular weight is 398 g/mol. The lowest BCUT2D eigenvalue weighted by molar-refractivity contribution is -0.127. The molecule has 0 bridgehead atoms. The lowest BCUT2D eigenvalue weighted by atomic mass is 10.1. The van der Waals surface area contributed by atoms with Gasteiger partial charge < -0.3 is 29.9 Å². The number of piperidine rings is 1.